The van der Waals surface area contributed by atoms with E-state index in [0.717, 1.165) is 37.8 Å². The minimum Gasteiger partial charge on any atom is -0.493 e. The molecule has 0 amide bonds. The van der Waals surface area contributed by atoms with Crippen molar-refractivity contribution >= 4 is 0 Å². The molecule has 1 aliphatic heterocycles. The molecule has 128 valence electrons. The molecule has 0 bridgehead atoms. The Morgan fingerprint density at radius 3 is 2.52 bits per heavy atom. The Morgan fingerprint density at radius 2 is 1.83 bits per heavy atom. The predicted octanol–water partition coefficient (Wildman–Crippen LogP) is 2.67. The zero-order chi connectivity index (χ0) is 16.4. The number of hydrogen-bond acceptors (Lipinski definition) is 5. The molecule has 23 heavy (non-hydrogen) atoms. The second-order valence-electron chi connectivity index (χ2n) is 6.56. The van der Waals surface area contributed by atoms with Crippen molar-refractivity contribution in [1.82, 2.24) is 5.32 Å². The number of ether oxygens (including phenoxy) is 3. The summed E-state index contributed by atoms with van der Waals surface area (Å²) < 4.78 is 16.5. The van der Waals surface area contributed by atoms with E-state index in [-0.39, 0.29) is 12.0 Å². The van der Waals surface area contributed by atoms with Crippen molar-refractivity contribution in [3.8, 4) is 17.2 Å². The van der Waals surface area contributed by atoms with Crippen LogP contribution in [0.4, 0.5) is 0 Å². The quantitative estimate of drug-likeness (QED) is 0.893. The van der Waals surface area contributed by atoms with Gasteiger partial charge in [0.05, 0.1) is 26.9 Å². The molecule has 0 spiro atoms. The van der Waals surface area contributed by atoms with Gasteiger partial charge < -0.3 is 24.6 Å². The molecule has 3 rings (SSSR count). The van der Waals surface area contributed by atoms with Gasteiger partial charge in [0.1, 0.15) is 0 Å². The first-order valence-electron chi connectivity index (χ1n) is 8.39. The van der Waals surface area contributed by atoms with E-state index in [9.17, 15) is 5.11 Å². The lowest BCUT2D eigenvalue weighted by molar-refractivity contribution is -0.0863. The molecule has 1 saturated carbocycles. The third-order valence-electron chi connectivity index (χ3n) is 5.46. The fraction of sp³-hybridized carbons (Fsp3) is 0.667. The summed E-state index contributed by atoms with van der Waals surface area (Å²) in [5, 5.41) is 14.7. The van der Waals surface area contributed by atoms with E-state index in [1.807, 2.05) is 12.1 Å². The van der Waals surface area contributed by atoms with Crippen LogP contribution in [0.1, 0.15) is 43.7 Å². The third kappa shape index (κ3) is 2.76. The summed E-state index contributed by atoms with van der Waals surface area (Å²) in [4.78, 5) is 0. The SMILES string of the molecule is COc1ccc([C@H]2NCC[C@@]3(O)CCCC[C@@H]23)c(OC)c1OC. The molecule has 2 aliphatic rings. The number of nitrogens with one attached hydrogen (secondary N) is 1. The van der Waals surface area contributed by atoms with Gasteiger partial charge in [0.25, 0.3) is 0 Å². The van der Waals surface area contributed by atoms with Crippen molar-refractivity contribution in [2.75, 3.05) is 27.9 Å². The number of aliphatic hydroxyl groups is 1. The van der Waals surface area contributed by atoms with Gasteiger partial charge in [-0.3, -0.25) is 0 Å². The summed E-state index contributed by atoms with van der Waals surface area (Å²) >= 11 is 0. The number of methoxy groups -OCH3 is 3. The molecule has 3 atom stereocenters. The Morgan fingerprint density at radius 1 is 1.04 bits per heavy atom. The number of hydrogen-bond donors (Lipinski definition) is 2. The Bertz CT molecular complexity index is 558. The summed E-state index contributed by atoms with van der Waals surface area (Å²) in [5.74, 6) is 2.17. The van der Waals surface area contributed by atoms with Crippen molar-refractivity contribution in [2.45, 2.75) is 43.7 Å². The van der Waals surface area contributed by atoms with Gasteiger partial charge in [-0.15, -0.1) is 0 Å². The van der Waals surface area contributed by atoms with Gasteiger partial charge in [0.2, 0.25) is 5.75 Å². The highest BCUT2D eigenvalue weighted by Crippen LogP contribution is 2.50. The minimum atomic E-state index is -0.563. The van der Waals surface area contributed by atoms with E-state index in [0.29, 0.717) is 17.2 Å². The fourth-order valence-corrected chi connectivity index (χ4v) is 4.32. The Balaban J connectivity index is 2.03. The molecule has 1 aliphatic carbocycles. The highest BCUT2D eigenvalue weighted by Gasteiger charge is 2.46. The standard InChI is InChI=1S/C18H27NO4/c1-21-14-8-7-12(16(22-2)17(14)23-3)15-13-6-4-5-9-18(13,20)10-11-19-15/h7-8,13,15,19-20H,4-6,9-11H2,1-3H3/t13-,15+,18-/m0/s1. The van der Waals surface area contributed by atoms with E-state index in [4.69, 9.17) is 14.2 Å². The summed E-state index contributed by atoms with van der Waals surface area (Å²) in [6.45, 7) is 0.815. The van der Waals surface area contributed by atoms with Crippen molar-refractivity contribution in [3.05, 3.63) is 17.7 Å². The number of rotatable bonds is 4. The molecule has 1 saturated heterocycles. The zero-order valence-electron chi connectivity index (χ0n) is 14.2. The summed E-state index contributed by atoms with van der Waals surface area (Å²) in [6.07, 6.45) is 5.03. The number of fused-ring (bicyclic) bond motifs is 1. The van der Waals surface area contributed by atoms with Crippen LogP contribution in [-0.4, -0.2) is 38.6 Å². The Labute approximate surface area is 137 Å². The monoisotopic (exact) mass is 321 g/mol. The zero-order valence-corrected chi connectivity index (χ0v) is 14.2. The molecule has 2 fully saturated rings. The second-order valence-corrected chi connectivity index (χ2v) is 6.56. The third-order valence-corrected chi connectivity index (χ3v) is 5.46. The largest absolute Gasteiger partial charge is 0.493 e. The maximum absolute atomic E-state index is 11.1. The minimum absolute atomic E-state index is 0.0730. The van der Waals surface area contributed by atoms with Crippen molar-refractivity contribution in [1.29, 1.82) is 0 Å². The average Bonchev–Trinajstić information content (AvgIpc) is 2.59. The van der Waals surface area contributed by atoms with Crippen LogP contribution in [-0.2, 0) is 0 Å². The van der Waals surface area contributed by atoms with E-state index in [1.54, 1.807) is 21.3 Å². The first-order valence-corrected chi connectivity index (χ1v) is 8.39. The molecule has 1 aromatic carbocycles. The van der Waals surface area contributed by atoms with E-state index in [1.165, 1.54) is 6.42 Å². The van der Waals surface area contributed by atoms with Crippen LogP contribution >= 0.6 is 0 Å². The smallest absolute Gasteiger partial charge is 0.203 e. The molecule has 5 nitrogen and oxygen atoms in total. The van der Waals surface area contributed by atoms with Crippen LogP contribution < -0.4 is 19.5 Å². The van der Waals surface area contributed by atoms with Crippen LogP contribution in [0.3, 0.4) is 0 Å². The van der Waals surface area contributed by atoms with Crippen LogP contribution in [0.5, 0.6) is 17.2 Å². The van der Waals surface area contributed by atoms with Crippen LogP contribution in [0, 0.1) is 5.92 Å². The highest BCUT2D eigenvalue weighted by molar-refractivity contribution is 5.57. The summed E-state index contributed by atoms with van der Waals surface area (Å²) in [6, 6.07) is 4.01. The van der Waals surface area contributed by atoms with Gasteiger partial charge in [-0.1, -0.05) is 12.8 Å². The van der Waals surface area contributed by atoms with Gasteiger partial charge in [0.15, 0.2) is 11.5 Å². The van der Waals surface area contributed by atoms with E-state index >= 15 is 0 Å². The molecule has 0 radical (unpaired) electrons. The summed E-state index contributed by atoms with van der Waals surface area (Å²) in [7, 11) is 4.89. The first-order chi connectivity index (χ1) is 11.1. The molecule has 1 aromatic rings. The van der Waals surface area contributed by atoms with Gasteiger partial charge in [-0.05, 0) is 37.9 Å². The lowest BCUT2D eigenvalue weighted by Gasteiger charge is -2.48. The Kier molecular flexibility index (Phi) is 4.69. The molecular weight excluding hydrogens is 294 g/mol. The molecule has 0 unspecified atom stereocenters. The molecule has 1 heterocycles. The lowest BCUT2D eigenvalue weighted by Crippen LogP contribution is -2.53. The fourth-order valence-electron chi connectivity index (χ4n) is 4.32. The maximum Gasteiger partial charge on any atom is 0.203 e. The molecule has 2 N–H and O–H groups in total. The van der Waals surface area contributed by atoms with Gasteiger partial charge in [-0.2, -0.15) is 0 Å². The molecule has 0 aromatic heterocycles. The Hall–Kier alpha value is -1.46. The molecule has 5 heteroatoms. The molecular formula is C18H27NO4. The van der Waals surface area contributed by atoms with E-state index in [2.05, 4.69) is 5.32 Å². The number of piperidine rings is 1. The van der Waals surface area contributed by atoms with Crippen LogP contribution in [0.15, 0.2) is 12.1 Å². The van der Waals surface area contributed by atoms with Gasteiger partial charge >= 0.3 is 0 Å². The second kappa shape index (κ2) is 6.57. The van der Waals surface area contributed by atoms with Crippen LogP contribution in [0.25, 0.3) is 0 Å². The lowest BCUT2D eigenvalue weighted by atomic mass is 9.66. The highest BCUT2D eigenvalue weighted by atomic mass is 16.5. The van der Waals surface area contributed by atoms with E-state index < -0.39 is 5.60 Å². The van der Waals surface area contributed by atoms with Gasteiger partial charge in [-0.25, -0.2) is 0 Å². The van der Waals surface area contributed by atoms with Crippen LogP contribution in [0.2, 0.25) is 0 Å². The topological polar surface area (TPSA) is 60.0 Å². The normalized spacial score (nSPS) is 30.4. The first kappa shape index (κ1) is 16.4. The predicted molar refractivity (Wildman–Crippen MR) is 88.4 cm³/mol. The average molecular weight is 321 g/mol. The van der Waals surface area contributed by atoms with Gasteiger partial charge in [0, 0.05) is 17.5 Å². The summed E-state index contributed by atoms with van der Waals surface area (Å²) in [5.41, 5.74) is 0.474. The van der Waals surface area contributed by atoms with Crippen molar-refractivity contribution in [2.24, 2.45) is 5.92 Å². The maximum atomic E-state index is 11.1. The number of benzene rings is 1. The van der Waals surface area contributed by atoms with Crippen molar-refractivity contribution < 1.29 is 19.3 Å². The van der Waals surface area contributed by atoms with Crippen molar-refractivity contribution in [3.63, 3.8) is 0 Å².